The number of carbonyl (C=O) groups excluding carboxylic acids is 1. The minimum atomic E-state index is -0.393. The number of benzene rings is 2. The molecule has 2 aromatic carbocycles. The van der Waals surface area contributed by atoms with Crippen molar-refractivity contribution in [2.75, 3.05) is 18.2 Å². The van der Waals surface area contributed by atoms with E-state index in [2.05, 4.69) is 43.0 Å². The third-order valence-corrected chi connectivity index (χ3v) is 3.41. The Morgan fingerprint density at radius 2 is 1.71 bits per heavy atom. The van der Waals surface area contributed by atoms with E-state index in [1.807, 2.05) is 0 Å². The summed E-state index contributed by atoms with van der Waals surface area (Å²) in [5.74, 6) is -0.393. The minimum absolute atomic E-state index is 0.393. The molecule has 0 spiro atoms. The second-order valence-corrected chi connectivity index (χ2v) is 5.19. The number of hydrogen-bond acceptors (Lipinski definition) is 4. The molecular weight excluding hydrogens is 264 g/mol. The van der Waals surface area contributed by atoms with Gasteiger partial charge in [0.05, 0.1) is 24.0 Å². The van der Waals surface area contributed by atoms with E-state index in [4.69, 9.17) is 5.73 Å². The molecule has 4 heteroatoms. The standard InChI is InChI=1S/C17H20N2O2/c1-10-7-11(2)16(12(3)8-10)19-15-6-5-13(9-14(15)18)17(20)21-4/h5-9,19H,18H2,1-4H3. The van der Waals surface area contributed by atoms with Crippen molar-refractivity contribution in [1.82, 2.24) is 0 Å². The number of aryl methyl sites for hydroxylation is 3. The van der Waals surface area contributed by atoms with Crippen LogP contribution in [-0.2, 0) is 4.74 Å². The fraction of sp³-hybridized carbons (Fsp3) is 0.235. The second kappa shape index (κ2) is 5.87. The van der Waals surface area contributed by atoms with Crippen molar-refractivity contribution in [2.45, 2.75) is 20.8 Å². The van der Waals surface area contributed by atoms with E-state index >= 15 is 0 Å². The van der Waals surface area contributed by atoms with E-state index in [1.165, 1.54) is 12.7 Å². The Bertz CT molecular complexity index is 670. The van der Waals surface area contributed by atoms with Crippen LogP contribution in [0.25, 0.3) is 0 Å². The first-order valence-corrected chi connectivity index (χ1v) is 6.75. The summed E-state index contributed by atoms with van der Waals surface area (Å²) in [6, 6.07) is 9.35. The third kappa shape index (κ3) is 3.16. The van der Waals surface area contributed by atoms with Crippen molar-refractivity contribution < 1.29 is 9.53 Å². The maximum atomic E-state index is 11.5. The van der Waals surface area contributed by atoms with Gasteiger partial charge >= 0.3 is 5.97 Å². The molecule has 0 saturated carbocycles. The summed E-state index contributed by atoms with van der Waals surface area (Å²) >= 11 is 0. The van der Waals surface area contributed by atoms with Crippen LogP contribution in [0.1, 0.15) is 27.0 Å². The zero-order valence-electron chi connectivity index (χ0n) is 12.8. The molecule has 0 bridgehead atoms. The highest BCUT2D eigenvalue weighted by Gasteiger charge is 2.10. The van der Waals surface area contributed by atoms with E-state index in [0.717, 1.165) is 22.5 Å². The molecule has 2 aromatic rings. The zero-order valence-corrected chi connectivity index (χ0v) is 12.8. The lowest BCUT2D eigenvalue weighted by atomic mass is 10.0. The number of nitrogens with two attached hydrogens (primary N) is 1. The van der Waals surface area contributed by atoms with Crippen LogP contribution in [0.15, 0.2) is 30.3 Å². The van der Waals surface area contributed by atoms with Gasteiger partial charge in [-0.25, -0.2) is 4.79 Å². The van der Waals surface area contributed by atoms with Crippen LogP contribution in [0, 0.1) is 20.8 Å². The molecule has 0 unspecified atom stereocenters. The highest BCUT2D eigenvalue weighted by Crippen LogP contribution is 2.29. The van der Waals surface area contributed by atoms with Crippen LogP contribution >= 0.6 is 0 Å². The first-order valence-electron chi connectivity index (χ1n) is 6.75. The summed E-state index contributed by atoms with van der Waals surface area (Å²) in [5, 5.41) is 3.34. The molecule has 0 fully saturated rings. The largest absolute Gasteiger partial charge is 0.465 e. The quantitative estimate of drug-likeness (QED) is 0.666. The van der Waals surface area contributed by atoms with Crippen molar-refractivity contribution in [3.63, 3.8) is 0 Å². The van der Waals surface area contributed by atoms with Gasteiger partial charge in [-0.3, -0.25) is 0 Å². The molecule has 3 N–H and O–H groups in total. The highest BCUT2D eigenvalue weighted by atomic mass is 16.5. The number of methoxy groups -OCH3 is 1. The summed E-state index contributed by atoms with van der Waals surface area (Å²) in [6.07, 6.45) is 0. The van der Waals surface area contributed by atoms with Gasteiger partial charge in [-0.1, -0.05) is 17.7 Å². The van der Waals surface area contributed by atoms with Gasteiger partial charge in [0.15, 0.2) is 0 Å². The van der Waals surface area contributed by atoms with Crippen LogP contribution in [0.4, 0.5) is 17.1 Å². The molecule has 0 saturated heterocycles. The van der Waals surface area contributed by atoms with Gasteiger partial charge in [0.25, 0.3) is 0 Å². The Morgan fingerprint density at radius 1 is 1.10 bits per heavy atom. The van der Waals surface area contributed by atoms with Crippen LogP contribution < -0.4 is 11.1 Å². The molecule has 0 aliphatic heterocycles. The molecule has 0 atom stereocenters. The molecule has 110 valence electrons. The number of ether oxygens (including phenoxy) is 1. The van der Waals surface area contributed by atoms with E-state index in [1.54, 1.807) is 18.2 Å². The molecule has 2 rings (SSSR count). The zero-order chi connectivity index (χ0) is 15.6. The van der Waals surface area contributed by atoms with Crippen LogP contribution in [0.5, 0.6) is 0 Å². The molecular formula is C17H20N2O2. The number of carbonyl (C=O) groups is 1. The van der Waals surface area contributed by atoms with Crippen molar-refractivity contribution >= 4 is 23.0 Å². The van der Waals surface area contributed by atoms with E-state index in [-0.39, 0.29) is 0 Å². The van der Waals surface area contributed by atoms with Crippen molar-refractivity contribution in [2.24, 2.45) is 0 Å². The monoisotopic (exact) mass is 284 g/mol. The predicted molar refractivity (Wildman–Crippen MR) is 86.1 cm³/mol. The number of hydrogen-bond donors (Lipinski definition) is 2. The summed E-state index contributed by atoms with van der Waals surface area (Å²) in [7, 11) is 1.35. The number of anilines is 3. The molecule has 0 aliphatic rings. The summed E-state index contributed by atoms with van der Waals surface area (Å²) in [6.45, 7) is 6.19. The van der Waals surface area contributed by atoms with Crippen molar-refractivity contribution in [3.8, 4) is 0 Å². The Labute approximate surface area is 124 Å². The topological polar surface area (TPSA) is 64.3 Å². The lowest BCUT2D eigenvalue weighted by molar-refractivity contribution is 0.0601. The predicted octanol–water partition coefficient (Wildman–Crippen LogP) is 3.72. The fourth-order valence-electron chi connectivity index (χ4n) is 2.43. The lowest BCUT2D eigenvalue weighted by Crippen LogP contribution is -2.05. The first-order chi connectivity index (χ1) is 9.92. The average molecular weight is 284 g/mol. The van der Waals surface area contributed by atoms with Crippen LogP contribution in [0.3, 0.4) is 0 Å². The van der Waals surface area contributed by atoms with Crippen LogP contribution in [-0.4, -0.2) is 13.1 Å². The molecule has 21 heavy (non-hydrogen) atoms. The van der Waals surface area contributed by atoms with Crippen molar-refractivity contribution in [1.29, 1.82) is 0 Å². The normalized spacial score (nSPS) is 10.3. The molecule has 0 amide bonds. The Balaban J connectivity index is 2.35. The van der Waals surface area contributed by atoms with Gasteiger partial charge in [-0.2, -0.15) is 0 Å². The number of nitrogen functional groups attached to an aromatic ring is 1. The highest BCUT2D eigenvalue weighted by molar-refractivity contribution is 5.92. The third-order valence-electron chi connectivity index (χ3n) is 3.41. The van der Waals surface area contributed by atoms with Gasteiger partial charge in [0.1, 0.15) is 0 Å². The Kier molecular flexibility index (Phi) is 4.17. The number of nitrogens with one attached hydrogen (secondary N) is 1. The van der Waals surface area contributed by atoms with E-state index < -0.39 is 5.97 Å². The first kappa shape index (κ1) is 14.9. The minimum Gasteiger partial charge on any atom is -0.465 e. The summed E-state index contributed by atoms with van der Waals surface area (Å²) in [4.78, 5) is 11.5. The van der Waals surface area contributed by atoms with E-state index in [9.17, 15) is 4.79 Å². The van der Waals surface area contributed by atoms with Gasteiger partial charge in [0, 0.05) is 5.69 Å². The summed E-state index contributed by atoms with van der Waals surface area (Å²) < 4.78 is 4.69. The molecule has 0 heterocycles. The number of esters is 1. The maximum Gasteiger partial charge on any atom is 0.337 e. The smallest absolute Gasteiger partial charge is 0.337 e. The van der Waals surface area contributed by atoms with Gasteiger partial charge in [-0.15, -0.1) is 0 Å². The SMILES string of the molecule is COC(=O)c1ccc(Nc2c(C)cc(C)cc2C)c(N)c1. The Morgan fingerprint density at radius 3 is 2.24 bits per heavy atom. The average Bonchev–Trinajstić information content (AvgIpc) is 2.43. The Hall–Kier alpha value is -2.49. The lowest BCUT2D eigenvalue weighted by Gasteiger charge is -2.16. The molecule has 4 nitrogen and oxygen atoms in total. The van der Waals surface area contributed by atoms with Gasteiger partial charge in [-0.05, 0) is 50.1 Å². The maximum absolute atomic E-state index is 11.5. The number of rotatable bonds is 3. The molecule has 0 radical (unpaired) electrons. The molecule has 0 aromatic heterocycles. The fourth-order valence-corrected chi connectivity index (χ4v) is 2.43. The second-order valence-electron chi connectivity index (χ2n) is 5.19. The van der Waals surface area contributed by atoms with Crippen LogP contribution in [0.2, 0.25) is 0 Å². The van der Waals surface area contributed by atoms with Crippen molar-refractivity contribution in [3.05, 3.63) is 52.6 Å². The molecule has 0 aliphatic carbocycles. The summed E-state index contributed by atoms with van der Waals surface area (Å²) in [5.41, 5.74) is 12.3. The van der Waals surface area contributed by atoms with Gasteiger partial charge < -0.3 is 15.8 Å². The van der Waals surface area contributed by atoms with Gasteiger partial charge in [0.2, 0.25) is 0 Å². The van der Waals surface area contributed by atoms with E-state index in [0.29, 0.717) is 11.3 Å².